The Kier molecular flexibility index (Phi) is 6.17. The second-order valence-corrected chi connectivity index (χ2v) is 8.70. The highest BCUT2D eigenvalue weighted by Gasteiger charge is 2.19. The van der Waals surface area contributed by atoms with Crippen LogP contribution in [0.25, 0.3) is 22.2 Å². The van der Waals surface area contributed by atoms with Crippen LogP contribution in [-0.2, 0) is 4.74 Å². The van der Waals surface area contributed by atoms with Gasteiger partial charge in [-0.05, 0) is 30.7 Å². The Morgan fingerprint density at radius 2 is 1.83 bits per heavy atom. The van der Waals surface area contributed by atoms with Gasteiger partial charge in [0.05, 0.1) is 59.3 Å². The summed E-state index contributed by atoms with van der Waals surface area (Å²) in [5.41, 5.74) is 4.45. The van der Waals surface area contributed by atoms with Gasteiger partial charge in [-0.2, -0.15) is 0 Å². The molecule has 1 saturated heterocycles. The maximum atomic E-state index is 15.1. The number of fused-ring (bicyclic) bond motifs is 1. The summed E-state index contributed by atoms with van der Waals surface area (Å²) in [5.74, 6) is -0.558. The van der Waals surface area contributed by atoms with Crippen LogP contribution in [0.3, 0.4) is 0 Å². The lowest BCUT2D eigenvalue weighted by Crippen LogP contribution is -2.36. The number of nitrogens with zero attached hydrogens (tertiary/aromatic N) is 5. The quantitative estimate of drug-likeness (QED) is 0.438. The van der Waals surface area contributed by atoms with Crippen molar-refractivity contribution in [3.05, 3.63) is 66.1 Å². The minimum Gasteiger partial charge on any atom is -0.378 e. The zero-order valence-corrected chi connectivity index (χ0v) is 19.8. The van der Waals surface area contributed by atoms with Crippen LogP contribution in [0.4, 0.5) is 31.7 Å². The smallest absolute Gasteiger partial charge is 0.137 e. The number of nitrogens with one attached hydrogen (secondary N) is 1. The number of hydrogen-bond donors (Lipinski definition) is 1. The molecule has 4 heterocycles. The zero-order chi connectivity index (χ0) is 24.5. The standard InChI is InChI=1S/C26H26F2N6O/c1-16-25(17-4-5-23(30-13-17)33(2)3)32-22-11-18(27)10-21(28)24(22)26(16)31-19-12-20(15-29-14-19)34-6-8-35-9-7-34/h4-5,10-15H,6-9H2,1-3H3,(H,31,32). The molecule has 0 bridgehead atoms. The van der Waals surface area contributed by atoms with Crippen LogP contribution in [-0.4, -0.2) is 55.4 Å². The van der Waals surface area contributed by atoms with Gasteiger partial charge in [0, 0.05) is 51.1 Å². The Labute approximate surface area is 202 Å². The van der Waals surface area contributed by atoms with E-state index in [0.29, 0.717) is 30.3 Å². The number of morpholine rings is 1. The number of rotatable bonds is 5. The van der Waals surface area contributed by atoms with Crippen LogP contribution in [0.1, 0.15) is 5.56 Å². The molecule has 1 aromatic carbocycles. The lowest BCUT2D eigenvalue weighted by molar-refractivity contribution is 0.122. The Hall–Kier alpha value is -3.85. The number of pyridine rings is 3. The summed E-state index contributed by atoms with van der Waals surface area (Å²) in [6, 6.07) is 7.89. The van der Waals surface area contributed by atoms with E-state index in [9.17, 15) is 4.39 Å². The number of anilines is 4. The molecule has 7 nitrogen and oxygen atoms in total. The first-order valence-corrected chi connectivity index (χ1v) is 11.4. The summed E-state index contributed by atoms with van der Waals surface area (Å²) in [6.07, 6.45) is 5.20. The Bertz CT molecular complexity index is 1370. The van der Waals surface area contributed by atoms with E-state index in [0.717, 1.165) is 41.8 Å². The van der Waals surface area contributed by atoms with E-state index in [2.05, 4.69) is 25.2 Å². The molecular weight excluding hydrogens is 450 g/mol. The summed E-state index contributed by atoms with van der Waals surface area (Å²) in [5, 5.41) is 3.57. The summed E-state index contributed by atoms with van der Waals surface area (Å²) in [6.45, 7) is 4.73. The van der Waals surface area contributed by atoms with Crippen molar-refractivity contribution in [2.75, 3.05) is 55.5 Å². The van der Waals surface area contributed by atoms with Gasteiger partial charge in [-0.25, -0.2) is 18.7 Å². The van der Waals surface area contributed by atoms with Gasteiger partial charge < -0.3 is 19.9 Å². The summed E-state index contributed by atoms with van der Waals surface area (Å²) >= 11 is 0. The second-order valence-electron chi connectivity index (χ2n) is 8.70. The molecule has 4 aromatic rings. The Balaban J connectivity index is 1.62. The van der Waals surface area contributed by atoms with Gasteiger partial charge in [0.1, 0.15) is 17.5 Å². The maximum absolute atomic E-state index is 15.1. The van der Waals surface area contributed by atoms with Crippen LogP contribution < -0.4 is 15.1 Å². The second kappa shape index (κ2) is 9.42. The van der Waals surface area contributed by atoms with Crippen molar-refractivity contribution in [1.29, 1.82) is 0 Å². The van der Waals surface area contributed by atoms with Gasteiger partial charge in [0.2, 0.25) is 0 Å². The van der Waals surface area contributed by atoms with Crippen LogP contribution in [0.5, 0.6) is 0 Å². The highest BCUT2D eigenvalue weighted by molar-refractivity contribution is 5.98. The Morgan fingerprint density at radius 3 is 2.54 bits per heavy atom. The molecule has 0 saturated carbocycles. The van der Waals surface area contributed by atoms with Gasteiger partial charge in [-0.15, -0.1) is 0 Å². The molecule has 1 aliphatic heterocycles. The minimum absolute atomic E-state index is 0.222. The van der Waals surface area contributed by atoms with Gasteiger partial charge in [-0.3, -0.25) is 4.98 Å². The van der Waals surface area contributed by atoms with E-state index in [-0.39, 0.29) is 10.9 Å². The third kappa shape index (κ3) is 4.59. The Morgan fingerprint density at radius 1 is 1.03 bits per heavy atom. The summed E-state index contributed by atoms with van der Waals surface area (Å²) in [4.78, 5) is 17.6. The molecule has 0 aliphatic carbocycles. The molecule has 35 heavy (non-hydrogen) atoms. The predicted molar refractivity (Wildman–Crippen MR) is 135 cm³/mol. The first kappa shape index (κ1) is 22.9. The van der Waals surface area contributed by atoms with E-state index < -0.39 is 11.6 Å². The van der Waals surface area contributed by atoms with Crippen LogP contribution >= 0.6 is 0 Å². The SMILES string of the molecule is Cc1c(-c2ccc(N(C)C)nc2)nc2cc(F)cc(F)c2c1Nc1cncc(N2CCOCC2)c1. The molecule has 0 spiro atoms. The summed E-state index contributed by atoms with van der Waals surface area (Å²) < 4.78 is 34.7. The molecular formula is C26H26F2N6O. The molecule has 1 aliphatic rings. The first-order chi connectivity index (χ1) is 16.9. The van der Waals surface area contributed by atoms with Gasteiger partial charge >= 0.3 is 0 Å². The average Bonchev–Trinajstić information content (AvgIpc) is 2.86. The number of aromatic nitrogens is 3. The largest absolute Gasteiger partial charge is 0.378 e. The fourth-order valence-corrected chi connectivity index (χ4v) is 4.27. The third-order valence-corrected chi connectivity index (χ3v) is 6.10. The molecule has 1 N–H and O–H groups in total. The average molecular weight is 477 g/mol. The maximum Gasteiger partial charge on any atom is 0.137 e. The monoisotopic (exact) mass is 476 g/mol. The number of halogens is 2. The lowest BCUT2D eigenvalue weighted by atomic mass is 10.0. The molecule has 0 amide bonds. The van der Waals surface area contributed by atoms with Crippen molar-refractivity contribution < 1.29 is 13.5 Å². The molecule has 180 valence electrons. The number of benzene rings is 1. The van der Waals surface area contributed by atoms with E-state index in [1.807, 2.05) is 44.1 Å². The topological polar surface area (TPSA) is 66.4 Å². The number of ether oxygens (including phenoxy) is 1. The number of hydrogen-bond acceptors (Lipinski definition) is 7. The van der Waals surface area contributed by atoms with Gasteiger partial charge in [0.15, 0.2) is 0 Å². The lowest BCUT2D eigenvalue weighted by Gasteiger charge is -2.28. The van der Waals surface area contributed by atoms with Crippen molar-refractivity contribution in [2.45, 2.75) is 6.92 Å². The molecule has 1 fully saturated rings. The van der Waals surface area contributed by atoms with Gasteiger partial charge in [0.25, 0.3) is 0 Å². The van der Waals surface area contributed by atoms with Crippen molar-refractivity contribution in [2.24, 2.45) is 0 Å². The van der Waals surface area contributed by atoms with Crippen LogP contribution in [0, 0.1) is 18.6 Å². The molecule has 9 heteroatoms. The molecule has 0 atom stereocenters. The molecule has 3 aromatic heterocycles. The molecule has 0 unspecified atom stereocenters. The predicted octanol–water partition coefficient (Wildman–Crippen LogP) is 4.92. The van der Waals surface area contributed by atoms with E-state index >= 15 is 4.39 Å². The van der Waals surface area contributed by atoms with Crippen molar-refractivity contribution >= 4 is 33.8 Å². The van der Waals surface area contributed by atoms with Crippen LogP contribution in [0.15, 0.2) is 48.9 Å². The highest BCUT2D eigenvalue weighted by Crippen LogP contribution is 2.37. The van der Waals surface area contributed by atoms with Crippen LogP contribution in [0.2, 0.25) is 0 Å². The minimum atomic E-state index is -0.680. The highest BCUT2D eigenvalue weighted by atomic mass is 19.1. The molecule has 0 radical (unpaired) electrons. The van der Waals surface area contributed by atoms with Crippen molar-refractivity contribution in [1.82, 2.24) is 15.0 Å². The normalized spacial score (nSPS) is 13.8. The third-order valence-electron chi connectivity index (χ3n) is 6.10. The summed E-state index contributed by atoms with van der Waals surface area (Å²) in [7, 11) is 3.82. The zero-order valence-electron chi connectivity index (χ0n) is 19.8. The fraction of sp³-hybridized carbons (Fsp3) is 0.269. The van der Waals surface area contributed by atoms with Crippen molar-refractivity contribution in [3.63, 3.8) is 0 Å². The molecule has 5 rings (SSSR count). The van der Waals surface area contributed by atoms with E-state index in [1.165, 1.54) is 6.07 Å². The van der Waals surface area contributed by atoms with Gasteiger partial charge in [-0.1, -0.05) is 0 Å². The fourth-order valence-electron chi connectivity index (χ4n) is 4.27. The van der Waals surface area contributed by atoms with E-state index in [1.54, 1.807) is 18.6 Å². The first-order valence-electron chi connectivity index (χ1n) is 11.4. The van der Waals surface area contributed by atoms with Crippen molar-refractivity contribution in [3.8, 4) is 11.3 Å². The van der Waals surface area contributed by atoms with E-state index in [4.69, 9.17) is 4.74 Å².